The molecule has 0 aliphatic heterocycles. The molecule has 0 saturated heterocycles. The Morgan fingerprint density at radius 3 is 1.77 bits per heavy atom. The highest BCUT2D eigenvalue weighted by Crippen LogP contribution is 2.19. The van der Waals surface area contributed by atoms with E-state index in [1.54, 1.807) is 0 Å². The van der Waals surface area contributed by atoms with Gasteiger partial charge in [0.05, 0.1) is 0 Å². The molecule has 0 radical (unpaired) electrons. The van der Waals surface area contributed by atoms with E-state index < -0.39 is 0 Å². The van der Waals surface area contributed by atoms with Crippen LogP contribution in [-0.2, 0) is 0 Å². The van der Waals surface area contributed by atoms with Crippen molar-refractivity contribution in [2.75, 3.05) is 0 Å². The molecule has 0 saturated carbocycles. The Morgan fingerprint density at radius 2 is 1.38 bits per heavy atom. The van der Waals surface area contributed by atoms with Gasteiger partial charge in [0, 0.05) is 0 Å². The smallest absolute Gasteiger partial charge is 0.0200 e. The van der Waals surface area contributed by atoms with Gasteiger partial charge in [-0.25, -0.2) is 0 Å². The summed E-state index contributed by atoms with van der Waals surface area (Å²) in [5, 5.41) is 0. The number of rotatable bonds is 2. The Hall–Kier alpha value is -0.520. The monoisotopic (exact) mass is 180 g/mol. The molecule has 13 heavy (non-hydrogen) atoms. The first kappa shape index (κ1) is 12.5. The highest BCUT2D eigenvalue weighted by Gasteiger charge is 2.06. The lowest BCUT2D eigenvalue weighted by atomic mass is 9.92. The van der Waals surface area contributed by atoms with Crippen molar-refractivity contribution < 1.29 is 0 Å². The zero-order chi connectivity index (χ0) is 10.5. The van der Waals surface area contributed by atoms with E-state index in [0.717, 1.165) is 6.42 Å². The van der Waals surface area contributed by atoms with Crippen molar-refractivity contribution in [1.29, 1.82) is 0 Å². The van der Waals surface area contributed by atoms with E-state index in [1.807, 2.05) is 0 Å². The van der Waals surface area contributed by atoms with Gasteiger partial charge in [-0.05, 0) is 17.3 Å². The topological polar surface area (TPSA) is 0 Å². The quantitative estimate of drug-likeness (QED) is 0.546. The lowest BCUT2D eigenvalue weighted by molar-refractivity contribution is 0.420. The maximum Gasteiger partial charge on any atom is -0.0200 e. The van der Waals surface area contributed by atoms with Crippen LogP contribution in [0.2, 0.25) is 0 Å². The molecule has 0 heteroatoms. The molecule has 0 unspecified atom stereocenters. The highest BCUT2D eigenvalue weighted by atomic mass is 14.1. The molecule has 76 valence electrons. The fourth-order valence-corrected chi connectivity index (χ4v) is 0.844. The number of hydrogen-bond donors (Lipinski definition) is 0. The summed E-state index contributed by atoms with van der Waals surface area (Å²) in [6.45, 7) is 13.4. The fraction of sp³-hybridized carbons (Fsp3) is 0.692. The first-order chi connectivity index (χ1) is 5.71. The molecule has 0 amide bonds. The Kier molecular flexibility index (Phi) is 4.46. The normalized spacial score (nSPS) is 14.6. The van der Waals surface area contributed by atoms with Crippen LogP contribution in [0.4, 0.5) is 0 Å². The Balaban J connectivity index is 3.84. The van der Waals surface area contributed by atoms with Crippen molar-refractivity contribution in [2.24, 2.45) is 10.8 Å². The van der Waals surface area contributed by atoms with E-state index in [4.69, 9.17) is 0 Å². The summed E-state index contributed by atoms with van der Waals surface area (Å²) in [5.74, 6) is 0. The van der Waals surface area contributed by atoms with Crippen LogP contribution in [0, 0.1) is 10.8 Å². The minimum Gasteiger partial charge on any atom is -0.0840 e. The van der Waals surface area contributed by atoms with Gasteiger partial charge in [-0.1, -0.05) is 65.8 Å². The third kappa shape index (κ3) is 11.5. The minimum atomic E-state index is 0.298. The number of allylic oxidation sites excluding steroid dienone is 4. The van der Waals surface area contributed by atoms with Gasteiger partial charge in [0.2, 0.25) is 0 Å². The molecular weight excluding hydrogens is 156 g/mol. The van der Waals surface area contributed by atoms with Gasteiger partial charge >= 0.3 is 0 Å². The van der Waals surface area contributed by atoms with Gasteiger partial charge in [-0.15, -0.1) is 0 Å². The fourth-order valence-electron chi connectivity index (χ4n) is 0.844. The van der Waals surface area contributed by atoms with Gasteiger partial charge in [-0.3, -0.25) is 0 Å². The van der Waals surface area contributed by atoms with E-state index in [9.17, 15) is 0 Å². The van der Waals surface area contributed by atoms with E-state index >= 15 is 0 Å². The first-order valence-electron chi connectivity index (χ1n) is 5.05. The van der Waals surface area contributed by atoms with Crippen LogP contribution < -0.4 is 0 Å². The van der Waals surface area contributed by atoms with E-state index in [1.165, 1.54) is 0 Å². The van der Waals surface area contributed by atoms with Crippen molar-refractivity contribution in [2.45, 2.75) is 48.0 Å². The van der Waals surface area contributed by atoms with Crippen molar-refractivity contribution in [1.82, 2.24) is 0 Å². The summed E-state index contributed by atoms with van der Waals surface area (Å²) in [4.78, 5) is 0. The van der Waals surface area contributed by atoms with Crippen LogP contribution >= 0.6 is 0 Å². The van der Waals surface area contributed by atoms with Crippen LogP contribution in [0.3, 0.4) is 0 Å². The average molecular weight is 180 g/mol. The molecule has 0 fully saturated rings. The molecule has 0 heterocycles. The largest absolute Gasteiger partial charge is 0.0840 e. The molecule has 0 rings (SSSR count). The molecule has 0 nitrogen and oxygen atoms in total. The van der Waals surface area contributed by atoms with Crippen molar-refractivity contribution in [3.8, 4) is 0 Å². The van der Waals surface area contributed by atoms with Crippen LogP contribution in [-0.4, -0.2) is 0 Å². The predicted octanol–water partition coefficient (Wildman–Crippen LogP) is 4.58. The van der Waals surface area contributed by atoms with Gasteiger partial charge < -0.3 is 0 Å². The standard InChI is InChI=1S/C13H24/c1-12(2,3)10-8-7-9-11-13(4,5)6/h7-10H,11H2,1-6H3. The zero-order valence-electron chi connectivity index (χ0n) is 10.0. The van der Waals surface area contributed by atoms with Gasteiger partial charge in [-0.2, -0.15) is 0 Å². The molecule has 0 atom stereocenters. The Bertz CT molecular complexity index is 181. The minimum absolute atomic E-state index is 0.298. The molecule has 0 aromatic rings. The van der Waals surface area contributed by atoms with E-state index in [2.05, 4.69) is 65.8 Å². The third-order valence-electron chi connectivity index (χ3n) is 1.57. The highest BCUT2D eigenvalue weighted by molar-refractivity contribution is 5.06. The number of hydrogen-bond acceptors (Lipinski definition) is 0. The van der Waals surface area contributed by atoms with Crippen LogP contribution in [0.15, 0.2) is 24.3 Å². The predicted molar refractivity (Wildman–Crippen MR) is 61.8 cm³/mol. The van der Waals surface area contributed by atoms with Crippen LogP contribution in [0.25, 0.3) is 0 Å². The average Bonchev–Trinajstić information content (AvgIpc) is 1.81. The van der Waals surface area contributed by atoms with Gasteiger partial charge in [0.25, 0.3) is 0 Å². The summed E-state index contributed by atoms with van der Waals surface area (Å²) in [6, 6.07) is 0. The van der Waals surface area contributed by atoms with Crippen LogP contribution in [0.1, 0.15) is 48.0 Å². The van der Waals surface area contributed by atoms with E-state index in [-0.39, 0.29) is 0 Å². The molecule has 0 N–H and O–H groups in total. The molecule has 0 aromatic carbocycles. The Morgan fingerprint density at radius 1 is 0.846 bits per heavy atom. The second kappa shape index (κ2) is 4.64. The summed E-state index contributed by atoms with van der Waals surface area (Å²) in [7, 11) is 0. The summed E-state index contributed by atoms with van der Waals surface area (Å²) < 4.78 is 0. The van der Waals surface area contributed by atoms with E-state index in [0.29, 0.717) is 10.8 Å². The lowest BCUT2D eigenvalue weighted by Gasteiger charge is -2.14. The molecule has 0 aliphatic rings. The zero-order valence-corrected chi connectivity index (χ0v) is 10.0. The van der Waals surface area contributed by atoms with Crippen molar-refractivity contribution in [3.63, 3.8) is 0 Å². The molecule has 0 aliphatic carbocycles. The third-order valence-corrected chi connectivity index (χ3v) is 1.57. The summed E-state index contributed by atoms with van der Waals surface area (Å²) in [6.07, 6.45) is 9.90. The molecule has 0 spiro atoms. The van der Waals surface area contributed by atoms with Crippen LogP contribution in [0.5, 0.6) is 0 Å². The first-order valence-corrected chi connectivity index (χ1v) is 5.05. The second-order valence-electron chi connectivity index (χ2n) is 5.92. The van der Waals surface area contributed by atoms with Crippen molar-refractivity contribution >= 4 is 0 Å². The second-order valence-corrected chi connectivity index (χ2v) is 5.92. The molecule has 0 aromatic heterocycles. The SMILES string of the molecule is CC(C)(C)C=CC=CCC(C)(C)C. The summed E-state index contributed by atoms with van der Waals surface area (Å²) in [5.41, 5.74) is 0.706. The lowest BCUT2D eigenvalue weighted by Crippen LogP contribution is -2.01. The maximum absolute atomic E-state index is 2.25. The molecular formula is C13H24. The molecule has 0 bridgehead atoms. The van der Waals surface area contributed by atoms with Crippen molar-refractivity contribution in [3.05, 3.63) is 24.3 Å². The summed E-state index contributed by atoms with van der Waals surface area (Å²) >= 11 is 0. The van der Waals surface area contributed by atoms with Gasteiger partial charge in [0.15, 0.2) is 0 Å². The maximum atomic E-state index is 2.25. The van der Waals surface area contributed by atoms with Gasteiger partial charge in [0.1, 0.15) is 0 Å². The Labute approximate surface area is 83.7 Å².